The van der Waals surface area contributed by atoms with E-state index in [1.807, 2.05) is 0 Å². The van der Waals surface area contributed by atoms with Gasteiger partial charge in [-0.05, 0) is 69.2 Å². The van der Waals surface area contributed by atoms with Gasteiger partial charge >= 0.3 is 5.97 Å². The normalized spacial score (nSPS) is 17.1. The number of carbonyl (C=O) groups excluding carboxylic acids is 1. The summed E-state index contributed by atoms with van der Waals surface area (Å²) in [6.07, 6.45) is 23.2. The lowest BCUT2D eigenvalue weighted by Crippen LogP contribution is -2.48. The van der Waals surface area contributed by atoms with Crippen LogP contribution in [-0.4, -0.2) is 32.3 Å². The first-order chi connectivity index (χ1) is 17.8. The minimum absolute atomic E-state index is 0.0386. The summed E-state index contributed by atoms with van der Waals surface area (Å²) in [5, 5.41) is 0. The number of nitrogens with zero attached hydrogens (tertiary/aromatic N) is 1. The van der Waals surface area contributed by atoms with E-state index in [0.717, 1.165) is 24.2 Å². The van der Waals surface area contributed by atoms with Gasteiger partial charge in [-0.25, -0.2) is 4.79 Å². The predicted molar refractivity (Wildman–Crippen MR) is 158 cm³/mol. The van der Waals surface area contributed by atoms with Crippen LogP contribution in [0.25, 0.3) is 0 Å². The van der Waals surface area contributed by atoms with Crippen molar-refractivity contribution in [3.63, 3.8) is 0 Å². The van der Waals surface area contributed by atoms with Crippen molar-refractivity contribution in [1.29, 1.82) is 0 Å². The highest BCUT2D eigenvalue weighted by Crippen LogP contribution is 2.46. The Morgan fingerprint density at radius 1 is 0.811 bits per heavy atom. The molecular weight excluding hydrogens is 458 g/mol. The maximum atomic E-state index is 11.6. The van der Waals surface area contributed by atoms with Gasteiger partial charge in [-0.1, -0.05) is 96.8 Å². The van der Waals surface area contributed by atoms with Crippen molar-refractivity contribution in [1.82, 2.24) is 0 Å². The number of rotatable bonds is 18. The Hall–Kier alpha value is -1.71. The van der Waals surface area contributed by atoms with Crippen LogP contribution in [0.4, 0.5) is 5.69 Å². The summed E-state index contributed by atoms with van der Waals surface area (Å²) in [6.45, 7) is 11.2. The Morgan fingerprint density at radius 3 is 1.84 bits per heavy atom. The van der Waals surface area contributed by atoms with E-state index in [1.165, 1.54) is 126 Å². The third kappa shape index (κ3) is 9.21. The smallest absolute Gasteiger partial charge is 0.343 e. The molecule has 0 aromatic heterocycles. The van der Waals surface area contributed by atoms with Crippen molar-refractivity contribution in [2.45, 2.75) is 149 Å². The summed E-state index contributed by atoms with van der Waals surface area (Å²) in [7, 11) is 3.68. The molecule has 1 aromatic carbocycles. The minimum atomic E-state index is -0.341. The van der Waals surface area contributed by atoms with Gasteiger partial charge in [-0.15, -0.1) is 0 Å². The van der Waals surface area contributed by atoms with Gasteiger partial charge in [-0.3, -0.25) is 0 Å². The molecule has 4 heteroatoms. The Bertz CT molecular complexity index is 834. The van der Waals surface area contributed by atoms with E-state index in [1.54, 1.807) is 0 Å². The molecule has 1 aromatic rings. The van der Waals surface area contributed by atoms with E-state index < -0.39 is 0 Å². The lowest BCUT2D eigenvalue weighted by Gasteiger charge is -2.47. The van der Waals surface area contributed by atoms with Crippen LogP contribution >= 0.6 is 0 Å². The van der Waals surface area contributed by atoms with Gasteiger partial charge in [0.1, 0.15) is 5.75 Å². The fourth-order valence-corrected chi connectivity index (χ4v) is 6.16. The lowest BCUT2D eigenvalue weighted by molar-refractivity contribution is -0.142. The summed E-state index contributed by atoms with van der Waals surface area (Å²) in [4.78, 5) is 14.2. The molecular formula is C33H57NO3. The maximum absolute atomic E-state index is 11.6. The van der Waals surface area contributed by atoms with Crippen molar-refractivity contribution in [2.24, 2.45) is 0 Å². The van der Waals surface area contributed by atoms with E-state index >= 15 is 0 Å². The second kappa shape index (κ2) is 16.3. The first-order valence-corrected chi connectivity index (χ1v) is 15.3. The largest absolute Gasteiger partial charge is 0.481 e. The van der Waals surface area contributed by atoms with E-state index in [4.69, 9.17) is 9.47 Å². The van der Waals surface area contributed by atoms with Crippen LogP contribution in [0.3, 0.4) is 0 Å². The second-order valence-electron chi connectivity index (χ2n) is 11.8. The van der Waals surface area contributed by atoms with E-state index in [-0.39, 0.29) is 18.1 Å². The number of hydrogen-bond donors (Lipinski definition) is 0. The molecule has 0 aliphatic carbocycles. The third-order valence-corrected chi connectivity index (χ3v) is 9.03. The van der Waals surface area contributed by atoms with Gasteiger partial charge in [0.25, 0.3) is 0 Å². The first kappa shape index (κ1) is 31.5. The Kier molecular flexibility index (Phi) is 13.9. The zero-order valence-electron chi connectivity index (χ0n) is 25.4. The Labute approximate surface area is 228 Å². The lowest BCUT2D eigenvalue weighted by atomic mass is 9.79. The molecule has 1 aliphatic rings. The van der Waals surface area contributed by atoms with Crippen molar-refractivity contribution in [2.75, 3.05) is 25.7 Å². The number of anilines is 1. The first-order valence-electron chi connectivity index (χ1n) is 15.3. The van der Waals surface area contributed by atoms with E-state index in [9.17, 15) is 4.79 Å². The molecule has 1 unspecified atom stereocenters. The van der Waals surface area contributed by atoms with Gasteiger partial charge in [0, 0.05) is 18.3 Å². The standard InChI is InChI=1S/C33H57NO3/c1-8-9-10-11-12-13-14-15-16-17-18-19-20-21-23-33(5)24-22-29-28(4)32(37-25-30(35)36-7)27(3)26(2)31(29)34(33)6/h8-25H2,1-7H3. The minimum Gasteiger partial charge on any atom is -0.481 e. The molecule has 212 valence electrons. The highest BCUT2D eigenvalue weighted by Gasteiger charge is 2.36. The van der Waals surface area contributed by atoms with Crippen molar-refractivity contribution in [3.8, 4) is 5.75 Å². The van der Waals surface area contributed by atoms with Crippen LogP contribution in [0.2, 0.25) is 0 Å². The summed E-state index contributed by atoms with van der Waals surface area (Å²) in [5.74, 6) is 0.512. The molecule has 0 saturated heterocycles. The topological polar surface area (TPSA) is 38.8 Å². The molecule has 1 heterocycles. The number of esters is 1. The number of hydrogen-bond acceptors (Lipinski definition) is 4. The number of fused-ring (bicyclic) bond motifs is 1. The summed E-state index contributed by atoms with van der Waals surface area (Å²) >= 11 is 0. The number of methoxy groups -OCH3 is 1. The number of carbonyl (C=O) groups is 1. The van der Waals surface area contributed by atoms with Gasteiger partial charge in [-0.2, -0.15) is 0 Å². The summed E-state index contributed by atoms with van der Waals surface area (Å²) < 4.78 is 10.7. The number of unbranched alkanes of at least 4 members (excludes halogenated alkanes) is 13. The van der Waals surface area contributed by atoms with Crippen LogP contribution in [-0.2, 0) is 16.0 Å². The second-order valence-corrected chi connectivity index (χ2v) is 11.8. The highest BCUT2D eigenvalue weighted by molar-refractivity contribution is 5.73. The number of benzene rings is 1. The van der Waals surface area contributed by atoms with Gasteiger partial charge in [0.15, 0.2) is 6.61 Å². The average Bonchev–Trinajstić information content (AvgIpc) is 2.89. The molecule has 1 atom stereocenters. The van der Waals surface area contributed by atoms with Crippen molar-refractivity contribution >= 4 is 11.7 Å². The maximum Gasteiger partial charge on any atom is 0.343 e. The zero-order valence-corrected chi connectivity index (χ0v) is 25.4. The molecule has 0 bridgehead atoms. The van der Waals surface area contributed by atoms with Crippen LogP contribution in [0.5, 0.6) is 5.75 Å². The zero-order chi connectivity index (χ0) is 27.3. The predicted octanol–water partition coefficient (Wildman–Crippen LogP) is 9.18. The average molecular weight is 516 g/mol. The monoisotopic (exact) mass is 515 g/mol. The molecule has 37 heavy (non-hydrogen) atoms. The summed E-state index contributed by atoms with van der Waals surface area (Å²) in [6, 6.07) is 0. The SMILES string of the molecule is CCCCCCCCCCCCCCCCC1(C)CCc2c(C)c(OCC(=O)OC)c(C)c(C)c2N1C. The molecule has 2 rings (SSSR count). The van der Waals surface area contributed by atoms with Crippen LogP contribution in [0.15, 0.2) is 0 Å². The van der Waals surface area contributed by atoms with Crippen LogP contribution in [0.1, 0.15) is 139 Å². The van der Waals surface area contributed by atoms with Crippen LogP contribution in [0, 0.1) is 20.8 Å². The number of ether oxygens (including phenoxy) is 2. The molecule has 4 nitrogen and oxygen atoms in total. The van der Waals surface area contributed by atoms with Gasteiger partial charge < -0.3 is 14.4 Å². The van der Waals surface area contributed by atoms with Crippen LogP contribution < -0.4 is 9.64 Å². The summed E-state index contributed by atoms with van der Waals surface area (Å²) in [5.41, 5.74) is 6.53. The molecule has 0 N–H and O–H groups in total. The molecule has 0 fully saturated rings. The highest BCUT2D eigenvalue weighted by atomic mass is 16.6. The molecule has 0 radical (unpaired) electrons. The van der Waals surface area contributed by atoms with Gasteiger partial charge in [0.05, 0.1) is 7.11 Å². The van der Waals surface area contributed by atoms with Gasteiger partial charge in [0.2, 0.25) is 0 Å². The molecule has 0 spiro atoms. The Morgan fingerprint density at radius 2 is 1.32 bits per heavy atom. The van der Waals surface area contributed by atoms with E-state index in [2.05, 4.69) is 46.6 Å². The quantitative estimate of drug-likeness (QED) is 0.144. The third-order valence-electron chi connectivity index (χ3n) is 9.03. The van der Waals surface area contributed by atoms with E-state index in [0.29, 0.717) is 0 Å². The Balaban J connectivity index is 1.75. The molecule has 0 amide bonds. The van der Waals surface area contributed by atoms with Crippen molar-refractivity contribution in [3.05, 3.63) is 22.3 Å². The fraction of sp³-hybridized carbons (Fsp3) is 0.788. The molecule has 0 saturated carbocycles. The fourth-order valence-electron chi connectivity index (χ4n) is 6.16. The van der Waals surface area contributed by atoms with Crippen molar-refractivity contribution < 1.29 is 14.3 Å². The molecule has 1 aliphatic heterocycles.